The Kier molecular flexibility index (Phi) is 4.79. The lowest BCUT2D eigenvalue weighted by atomic mass is 10.1. The van der Waals surface area contributed by atoms with Crippen LogP contribution in [0, 0.1) is 0 Å². The molecule has 1 unspecified atom stereocenters. The summed E-state index contributed by atoms with van der Waals surface area (Å²) in [6, 6.07) is 2.93. The zero-order valence-corrected chi connectivity index (χ0v) is 15.9. The first-order chi connectivity index (χ1) is 13.3. The summed E-state index contributed by atoms with van der Waals surface area (Å²) >= 11 is 1.38. The van der Waals surface area contributed by atoms with E-state index >= 15 is 0 Å². The number of aromatic nitrogens is 3. The topological polar surface area (TPSA) is 92.1 Å². The van der Waals surface area contributed by atoms with E-state index in [1.807, 2.05) is 5.10 Å². The van der Waals surface area contributed by atoms with Crippen LogP contribution < -0.4 is 0 Å². The van der Waals surface area contributed by atoms with Crippen molar-refractivity contribution in [3.8, 4) is 11.5 Å². The van der Waals surface area contributed by atoms with Crippen LogP contribution in [-0.4, -0.2) is 34.4 Å². The monoisotopic (exact) mass is 432 g/mol. The minimum Gasteiger partial charge on any atom is -0.442 e. The number of sulfonamides is 1. The SMILES string of the molecule is O=S(=O)(c1ccc(-c2cc(C(F)(F)F)[nH]n2)o1)N1CCCCC1c1nccs1. The van der Waals surface area contributed by atoms with Crippen LogP contribution in [0.2, 0.25) is 0 Å². The van der Waals surface area contributed by atoms with E-state index in [9.17, 15) is 21.6 Å². The molecule has 7 nitrogen and oxygen atoms in total. The molecule has 28 heavy (non-hydrogen) atoms. The molecule has 3 aromatic heterocycles. The molecule has 0 bridgehead atoms. The second-order valence-electron chi connectivity index (χ2n) is 6.28. The van der Waals surface area contributed by atoms with Crippen LogP contribution in [0.4, 0.5) is 13.2 Å². The summed E-state index contributed by atoms with van der Waals surface area (Å²) in [5, 5.41) is 7.60. The van der Waals surface area contributed by atoms with E-state index in [1.54, 1.807) is 11.6 Å². The lowest BCUT2D eigenvalue weighted by Crippen LogP contribution is -2.38. The molecule has 150 valence electrons. The van der Waals surface area contributed by atoms with Crippen molar-refractivity contribution in [2.45, 2.75) is 36.6 Å². The summed E-state index contributed by atoms with van der Waals surface area (Å²) in [6.07, 6.45) is -0.716. The maximum absolute atomic E-state index is 13.1. The summed E-state index contributed by atoms with van der Waals surface area (Å²) in [4.78, 5) is 4.24. The Balaban J connectivity index is 1.64. The van der Waals surface area contributed by atoms with Crippen molar-refractivity contribution in [3.63, 3.8) is 0 Å². The highest BCUT2D eigenvalue weighted by Crippen LogP contribution is 2.37. The van der Waals surface area contributed by atoms with Crippen molar-refractivity contribution in [2.75, 3.05) is 6.54 Å². The molecule has 4 rings (SSSR count). The van der Waals surface area contributed by atoms with Gasteiger partial charge in [-0.25, -0.2) is 13.4 Å². The normalized spacial score (nSPS) is 19.2. The summed E-state index contributed by atoms with van der Waals surface area (Å²) < 4.78 is 71.1. The zero-order valence-electron chi connectivity index (χ0n) is 14.3. The van der Waals surface area contributed by atoms with Gasteiger partial charge in [0.15, 0.2) is 5.76 Å². The number of alkyl halides is 3. The number of halogens is 3. The van der Waals surface area contributed by atoms with E-state index in [2.05, 4.69) is 10.1 Å². The number of thiazole rings is 1. The minimum atomic E-state index is -4.58. The van der Waals surface area contributed by atoms with Crippen LogP contribution in [0.5, 0.6) is 0 Å². The number of rotatable bonds is 4. The fourth-order valence-corrected chi connectivity index (χ4v) is 5.57. The molecule has 0 saturated carbocycles. The molecule has 1 aliphatic heterocycles. The standard InChI is InChI=1S/C16H15F3N4O3S2/c17-16(18,19)13-9-10(21-22-13)12-4-5-14(26-12)28(24,25)23-7-2-1-3-11(23)15-20-6-8-27-15/h4-6,8-9,11H,1-3,7H2,(H,21,22). The second-order valence-corrected chi connectivity index (χ2v) is 9.03. The third-order valence-corrected chi connectivity index (χ3v) is 7.13. The maximum atomic E-state index is 13.1. The molecule has 1 aliphatic rings. The molecule has 3 aromatic rings. The lowest BCUT2D eigenvalue weighted by Gasteiger charge is -2.32. The molecule has 0 aromatic carbocycles. The third kappa shape index (κ3) is 3.47. The van der Waals surface area contributed by atoms with Crippen molar-refractivity contribution in [1.82, 2.24) is 19.5 Å². The number of hydrogen-bond donors (Lipinski definition) is 1. The summed E-state index contributed by atoms with van der Waals surface area (Å²) in [5.74, 6) is -0.0619. The highest BCUT2D eigenvalue weighted by atomic mass is 32.2. The largest absolute Gasteiger partial charge is 0.442 e. The van der Waals surface area contributed by atoms with Crippen LogP contribution in [-0.2, 0) is 16.2 Å². The Morgan fingerprint density at radius 1 is 1.29 bits per heavy atom. The van der Waals surface area contributed by atoms with Crippen LogP contribution >= 0.6 is 11.3 Å². The van der Waals surface area contributed by atoms with E-state index in [1.165, 1.54) is 27.8 Å². The first-order valence-electron chi connectivity index (χ1n) is 8.41. The van der Waals surface area contributed by atoms with Gasteiger partial charge in [-0.1, -0.05) is 6.42 Å². The van der Waals surface area contributed by atoms with Crippen molar-refractivity contribution in [2.24, 2.45) is 0 Å². The van der Waals surface area contributed by atoms with Gasteiger partial charge in [0.2, 0.25) is 5.09 Å². The predicted molar refractivity (Wildman–Crippen MR) is 93.9 cm³/mol. The van der Waals surface area contributed by atoms with Gasteiger partial charge >= 0.3 is 6.18 Å². The van der Waals surface area contributed by atoms with E-state index < -0.39 is 21.9 Å². The summed E-state index contributed by atoms with van der Waals surface area (Å²) in [5.41, 5.74) is -1.16. The Labute approximate surface area is 162 Å². The molecule has 0 amide bonds. The first-order valence-corrected chi connectivity index (χ1v) is 10.7. The van der Waals surface area contributed by atoms with Crippen LogP contribution in [0.25, 0.3) is 11.5 Å². The Bertz CT molecular complexity index is 1060. The molecular formula is C16H15F3N4O3S2. The van der Waals surface area contributed by atoms with Gasteiger partial charge < -0.3 is 4.42 Å². The highest BCUT2D eigenvalue weighted by Gasteiger charge is 2.38. The quantitative estimate of drug-likeness (QED) is 0.671. The fraction of sp³-hybridized carbons (Fsp3) is 0.375. The van der Waals surface area contributed by atoms with E-state index in [0.29, 0.717) is 24.4 Å². The van der Waals surface area contributed by atoms with E-state index in [-0.39, 0.29) is 22.6 Å². The second kappa shape index (κ2) is 7.01. The van der Waals surface area contributed by atoms with Crippen LogP contribution in [0.1, 0.15) is 36.0 Å². The average Bonchev–Trinajstić information content (AvgIpc) is 3.41. The predicted octanol–water partition coefficient (Wildman–Crippen LogP) is 4.06. The highest BCUT2D eigenvalue weighted by molar-refractivity contribution is 7.89. The molecule has 0 aliphatic carbocycles. The van der Waals surface area contributed by atoms with Gasteiger partial charge in [-0.15, -0.1) is 11.3 Å². The van der Waals surface area contributed by atoms with Crippen molar-refractivity contribution in [3.05, 3.63) is 40.5 Å². The van der Waals surface area contributed by atoms with Gasteiger partial charge in [-0.2, -0.15) is 22.6 Å². The number of nitrogens with zero attached hydrogens (tertiary/aromatic N) is 3. The number of H-pyrrole nitrogens is 1. The molecule has 0 radical (unpaired) electrons. The third-order valence-electron chi connectivity index (χ3n) is 4.47. The molecule has 4 heterocycles. The number of nitrogens with one attached hydrogen (secondary N) is 1. The molecule has 12 heteroatoms. The molecule has 1 fully saturated rings. The van der Waals surface area contributed by atoms with Crippen molar-refractivity contribution in [1.29, 1.82) is 0 Å². The summed E-state index contributed by atoms with van der Waals surface area (Å²) in [7, 11) is -3.97. The van der Waals surface area contributed by atoms with Crippen molar-refractivity contribution >= 4 is 21.4 Å². The molecule has 1 N–H and O–H groups in total. The minimum absolute atomic E-state index is 0.0619. The smallest absolute Gasteiger partial charge is 0.432 e. The van der Waals surface area contributed by atoms with Gasteiger partial charge in [0, 0.05) is 18.1 Å². The maximum Gasteiger partial charge on any atom is 0.432 e. The van der Waals surface area contributed by atoms with Gasteiger partial charge in [0.25, 0.3) is 10.0 Å². The Morgan fingerprint density at radius 3 is 2.79 bits per heavy atom. The summed E-state index contributed by atoms with van der Waals surface area (Å²) in [6.45, 7) is 0.323. The molecule has 0 spiro atoms. The van der Waals surface area contributed by atoms with Gasteiger partial charge in [-0.3, -0.25) is 5.10 Å². The van der Waals surface area contributed by atoms with E-state index in [0.717, 1.165) is 12.5 Å². The van der Waals surface area contributed by atoms with Crippen LogP contribution in [0.3, 0.4) is 0 Å². The zero-order chi connectivity index (χ0) is 19.9. The van der Waals surface area contributed by atoms with Crippen molar-refractivity contribution < 1.29 is 26.0 Å². The van der Waals surface area contributed by atoms with Crippen LogP contribution in [0.15, 0.2) is 39.3 Å². The average molecular weight is 432 g/mol. The van der Waals surface area contributed by atoms with Gasteiger partial charge in [0.05, 0.1) is 6.04 Å². The molecule has 1 saturated heterocycles. The Hall–Kier alpha value is -2.18. The van der Waals surface area contributed by atoms with Gasteiger partial charge in [0.1, 0.15) is 16.4 Å². The lowest BCUT2D eigenvalue weighted by molar-refractivity contribution is -0.141. The van der Waals surface area contributed by atoms with E-state index in [4.69, 9.17) is 4.42 Å². The molecule has 1 atom stereocenters. The first kappa shape index (κ1) is 19.2. The number of hydrogen-bond acceptors (Lipinski definition) is 6. The molecular weight excluding hydrogens is 417 g/mol. The number of piperidine rings is 1. The fourth-order valence-electron chi connectivity index (χ4n) is 3.14. The Morgan fingerprint density at radius 2 is 2.11 bits per heavy atom. The number of aromatic amines is 1. The number of furan rings is 1. The van der Waals surface area contributed by atoms with Gasteiger partial charge in [-0.05, 0) is 31.0 Å².